The van der Waals surface area contributed by atoms with Crippen molar-refractivity contribution >= 4 is 19.7 Å². The van der Waals surface area contributed by atoms with Crippen molar-refractivity contribution in [1.29, 1.82) is 0 Å². The van der Waals surface area contributed by atoms with Crippen molar-refractivity contribution in [3.63, 3.8) is 0 Å². The Morgan fingerprint density at radius 2 is 1.55 bits per heavy atom. The Hall–Kier alpha value is -1.68. The van der Waals surface area contributed by atoms with Crippen molar-refractivity contribution < 1.29 is 4.74 Å². The summed E-state index contributed by atoms with van der Waals surface area (Å²) in [6, 6.07) is 19.3. The highest BCUT2D eigenvalue weighted by atomic mass is 28.3. The Kier molecular flexibility index (Phi) is 4.88. The predicted molar refractivity (Wildman–Crippen MR) is 94.7 cm³/mol. The number of morpholine rings is 1. The molecule has 2 nitrogen and oxygen atoms in total. The Bertz CT molecular complexity index is 618. The minimum Gasteiger partial charge on any atom is -0.379 e. The van der Waals surface area contributed by atoms with Gasteiger partial charge in [-0.3, -0.25) is 0 Å². The summed E-state index contributed by atoms with van der Waals surface area (Å²) in [5, 5.41) is 1.46. The molecule has 3 heteroatoms. The number of benzene rings is 2. The van der Waals surface area contributed by atoms with E-state index in [1.165, 1.54) is 16.3 Å². The molecule has 0 bridgehead atoms. The third kappa shape index (κ3) is 3.38. The van der Waals surface area contributed by atoms with Crippen LogP contribution in [-0.2, 0) is 4.74 Å². The maximum absolute atomic E-state index is 5.45. The Labute approximate surface area is 134 Å². The average Bonchev–Trinajstić information content (AvgIpc) is 2.62. The SMILES string of the molecule is C=C(c1ccccc1)c1ccc([Si+](C)N2CCOCC2)cc1. The molecule has 0 radical (unpaired) electrons. The van der Waals surface area contributed by atoms with Gasteiger partial charge >= 0.3 is 8.96 Å². The van der Waals surface area contributed by atoms with Gasteiger partial charge in [-0.05, 0) is 28.8 Å². The van der Waals surface area contributed by atoms with Crippen LogP contribution in [0.3, 0.4) is 0 Å². The third-order valence-electron chi connectivity index (χ3n) is 4.26. The summed E-state index contributed by atoms with van der Waals surface area (Å²) < 4.78 is 8.03. The summed E-state index contributed by atoms with van der Waals surface area (Å²) in [4.78, 5) is 0. The van der Waals surface area contributed by atoms with Gasteiger partial charge in [0.05, 0.1) is 32.9 Å². The van der Waals surface area contributed by atoms with E-state index in [1.54, 1.807) is 0 Å². The first-order valence-electron chi connectivity index (χ1n) is 7.77. The molecule has 22 heavy (non-hydrogen) atoms. The van der Waals surface area contributed by atoms with Gasteiger partial charge in [-0.2, -0.15) is 4.57 Å². The van der Waals surface area contributed by atoms with Crippen molar-refractivity contribution in [2.24, 2.45) is 0 Å². The zero-order chi connectivity index (χ0) is 15.4. The molecule has 0 atom stereocenters. The van der Waals surface area contributed by atoms with E-state index in [0.717, 1.165) is 31.9 Å². The van der Waals surface area contributed by atoms with Crippen LogP contribution in [0.25, 0.3) is 5.57 Å². The molecule has 1 heterocycles. The van der Waals surface area contributed by atoms with Crippen LogP contribution in [0.2, 0.25) is 6.55 Å². The molecule has 0 amide bonds. The second-order valence-corrected chi connectivity index (χ2v) is 7.99. The van der Waals surface area contributed by atoms with E-state index in [9.17, 15) is 0 Å². The van der Waals surface area contributed by atoms with Crippen LogP contribution < -0.4 is 5.19 Å². The fraction of sp³-hybridized carbons (Fsp3) is 0.263. The number of nitrogens with zero attached hydrogens (tertiary/aromatic N) is 1. The molecule has 0 aromatic heterocycles. The van der Waals surface area contributed by atoms with E-state index in [0.29, 0.717) is 0 Å². The molecule has 0 spiro atoms. The van der Waals surface area contributed by atoms with Gasteiger partial charge in [0.25, 0.3) is 0 Å². The van der Waals surface area contributed by atoms with Gasteiger partial charge in [-0.1, -0.05) is 49.0 Å². The van der Waals surface area contributed by atoms with Gasteiger partial charge in [0.2, 0.25) is 0 Å². The molecule has 0 saturated carbocycles. The standard InChI is InChI=1S/C19H22NOSi/c1-16(17-6-4-3-5-7-17)18-8-10-19(11-9-18)22(2)20-12-14-21-15-13-20/h3-11H,1,12-15H2,2H3/q+1. The quantitative estimate of drug-likeness (QED) is 0.805. The maximum atomic E-state index is 5.45. The average molecular weight is 308 g/mol. The fourth-order valence-electron chi connectivity index (χ4n) is 2.80. The van der Waals surface area contributed by atoms with Crippen LogP contribution in [-0.4, -0.2) is 39.8 Å². The van der Waals surface area contributed by atoms with Crippen molar-refractivity contribution in [3.8, 4) is 0 Å². The number of ether oxygens (including phenoxy) is 1. The smallest absolute Gasteiger partial charge is 0.379 e. The van der Waals surface area contributed by atoms with Crippen molar-refractivity contribution in [2.45, 2.75) is 6.55 Å². The molecule has 1 fully saturated rings. The van der Waals surface area contributed by atoms with Gasteiger partial charge in [0, 0.05) is 0 Å². The van der Waals surface area contributed by atoms with Crippen molar-refractivity contribution in [2.75, 3.05) is 26.3 Å². The van der Waals surface area contributed by atoms with Crippen molar-refractivity contribution in [1.82, 2.24) is 4.57 Å². The number of hydrogen-bond donors (Lipinski definition) is 0. The van der Waals surface area contributed by atoms with E-state index < -0.39 is 8.96 Å². The molecule has 3 rings (SSSR count). The maximum Gasteiger partial charge on any atom is 0.441 e. The molecule has 2 aromatic carbocycles. The highest BCUT2D eigenvalue weighted by Crippen LogP contribution is 2.20. The number of hydrogen-bond acceptors (Lipinski definition) is 2. The summed E-state index contributed by atoms with van der Waals surface area (Å²) in [6.07, 6.45) is 0. The molecular formula is C19H22NOSi+. The molecule has 1 aliphatic rings. The van der Waals surface area contributed by atoms with Crippen LogP contribution in [0, 0.1) is 0 Å². The highest BCUT2D eigenvalue weighted by molar-refractivity contribution is 6.69. The first kappa shape index (κ1) is 15.2. The van der Waals surface area contributed by atoms with E-state index in [1.807, 2.05) is 6.07 Å². The number of rotatable bonds is 4. The lowest BCUT2D eigenvalue weighted by Crippen LogP contribution is -2.51. The Morgan fingerprint density at radius 1 is 0.955 bits per heavy atom. The largest absolute Gasteiger partial charge is 0.441 e. The third-order valence-corrected chi connectivity index (χ3v) is 6.82. The second kappa shape index (κ2) is 7.05. The van der Waals surface area contributed by atoms with Crippen LogP contribution >= 0.6 is 0 Å². The normalized spacial score (nSPS) is 15.5. The first-order valence-corrected chi connectivity index (χ1v) is 9.72. The second-order valence-electron chi connectivity index (χ2n) is 5.61. The summed E-state index contributed by atoms with van der Waals surface area (Å²) in [7, 11) is -0.650. The van der Waals surface area contributed by atoms with Gasteiger partial charge in [-0.15, -0.1) is 0 Å². The molecule has 0 aliphatic carbocycles. The Balaban J connectivity index is 1.73. The lowest BCUT2D eigenvalue weighted by molar-refractivity contribution is 0.0715. The molecule has 1 saturated heterocycles. The van der Waals surface area contributed by atoms with Gasteiger partial charge in [-0.25, -0.2) is 0 Å². The van der Waals surface area contributed by atoms with Gasteiger partial charge in [0.1, 0.15) is 5.19 Å². The van der Waals surface area contributed by atoms with E-state index >= 15 is 0 Å². The van der Waals surface area contributed by atoms with E-state index in [2.05, 4.69) is 66.2 Å². The lowest BCUT2D eigenvalue weighted by atomic mass is 10.00. The minimum atomic E-state index is -0.650. The first-order chi connectivity index (χ1) is 10.8. The van der Waals surface area contributed by atoms with Crippen LogP contribution in [0.1, 0.15) is 11.1 Å². The Morgan fingerprint density at radius 3 is 2.18 bits per heavy atom. The predicted octanol–water partition coefficient (Wildman–Crippen LogP) is 2.91. The zero-order valence-electron chi connectivity index (χ0n) is 13.1. The zero-order valence-corrected chi connectivity index (χ0v) is 14.1. The van der Waals surface area contributed by atoms with E-state index in [4.69, 9.17) is 4.74 Å². The van der Waals surface area contributed by atoms with Crippen LogP contribution in [0.5, 0.6) is 0 Å². The topological polar surface area (TPSA) is 12.5 Å². The fourth-order valence-corrected chi connectivity index (χ4v) is 4.67. The summed E-state index contributed by atoms with van der Waals surface area (Å²) in [6.45, 7) is 10.5. The van der Waals surface area contributed by atoms with Gasteiger partial charge < -0.3 is 4.74 Å². The summed E-state index contributed by atoms with van der Waals surface area (Å²) in [5.74, 6) is 0. The molecule has 2 aromatic rings. The van der Waals surface area contributed by atoms with Crippen molar-refractivity contribution in [3.05, 3.63) is 72.3 Å². The van der Waals surface area contributed by atoms with Gasteiger partial charge in [0.15, 0.2) is 0 Å². The lowest BCUT2D eigenvalue weighted by Gasteiger charge is -2.21. The highest BCUT2D eigenvalue weighted by Gasteiger charge is 2.34. The minimum absolute atomic E-state index is 0.650. The summed E-state index contributed by atoms with van der Waals surface area (Å²) in [5.41, 5.74) is 3.47. The van der Waals surface area contributed by atoms with E-state index in [-0.39, 0.29) is 0 Å². The molecule has 1 aliphatic heterocycles. The van der Waals surface area contributed by atoms with Crippen LogP contribution in [0.15, 0.2) is 61.2 Å². The molecule has 0 N–H and O–H groups in total. The molecule has 0 unspecified atom stereocenters. The molecular weight excluding hydrogens is 286 g/mol. The monoisotopic (exact) mass is 308 g/mol. The summed E-state index contributed by atoms with van der Waals surface area (Å²) >= 11 is 0. The van der Waals surface area contributed by atoms with Crippen LogP contribution in [0.4, 0.5) is 0 Å². The molecule has 112 valence electrons.